The molecule has 0 amide bonds. The summed E-state index contributed by atoms with van der Waals surface area (Å²) in [6.07, 6.45) is 2.92. The molecule has 1 N–H and O–H groups in total. The third-order valence-corrected chi connectivity index (χ3v) is 3.66. The van der Waals surface area contributed by atoms with Crippen molar-refractivity contribution in [2.45, 2.75) is 32.8 Å². The molecule has 100 valence electrons. The van der Waals surface area contributed by atoms with Gasteiger partial charge in [-0.3, -0.25) is 4.98 Å². The molecule has 0 aliphatic carbocycles. The summed E-state index contributed by atoms with van der Waals surface area (Å²) in [5.41, 5.74) is 2.96. The quantitative estimate of drug-likeness (QED) is 0.884. The zero-order valence-corrected chi connectivity index (χ0v) is 11.3. The molecule has 0 radical (unpaired) electrons. The molecule has 2 atom stereocenters. The van der Waals surface area contributed by atoms with E-state index in [1.807, 2.05) is 13.8 Å². The van der Waals surface area contributed by atoms with Gasteiger partial charge in [0, 0.05) is 42.0 Å². The molecule has 4 heteroatoms. The fourth-order valence-electron chi connectivity index (χ4n) is 2.50. The number of ether oxygens (including phenoxy) is 2. The van der Waals surface area contributed by atoms with Crippen LogP contribution in [-0.2, 0) is 11.2 Å². The highest BCUT2D eigenvalue weighted by molar-refractivity contribution is 5.41. The van der Waals surface area contributed by atoms with Gasteiger partial charge in [0.25, 0.3) is 0 Å². The molecule has 1 fully saturated rings. The Morgan fingerprint density at radius 3 is 2.94 bits per heavy atom. The number of hydrogen-bond acceptors (Lipinski definition) is 4. The van der Waals surface area contributed by atoms with Crippen LogP contribution in [0.25, 0.3) is 0 Å². The van der Waals surface area contributed by atoms with Crippen LogP contribution < -0.4 is 4.74 Å². The predicted octanol–water partition coefficient (Wildman–Crippen LogP) is 1.65. The topological polar surface area (TPSA) is 51.6 Å². The van der Waals surface area contributed by atoms with Gasteiger partial charge in [-0.1, -0.05) is 0 Å². The summed E-state index contributed by atoms with van der Waals surface area (Å²) >= 11 is 0. The number of methoxy groups -OCH3 is 1. The lowest BCUT2D eigenvalue weighted by molar-refractivity contribution is 0.0909. The standard InChI is InChI=1S/C14H21NO3/c1-9-7-15-12(10(2)14(9)17-3)6-13(16)11-4-5-18-8-11/h7,11,13,16H,4-6,8H2,1-3H3. The number of aliphatic hydroxyl groups excluding tert-OH is 1. The molecule has 0 saturated carbocycles. The SMILES string of the molecule is COc1c(C)cnc(CC(O)C2CCOC2)c1C. The third kappa shape index (κ3) is 2.65. The summed E-state index contributed by atoms with van der Waals surface area (Å²) < 4.78 is 10.7. The van der Waals surface area contributed by atoms with E-state index in [-0.39, 0.29) is 12.0 Å². The first-order valence-electron chi connectivity index (χ1n) is 6.38. The molecule has 1 saturated heterocycles. The monoisotopic (exact) mass is 251 g/mol. The predicted molar refractivity (Wildman–Crippen MR) is 68.9 cm³/mol. The molecule has 2 unspecified atom stereocenters. The van der Waals surface area contributed by atoms with E-state index in [0.717, 1.165) is 35.6 Å². The minimum Gasteiger partial charge on any atom is -0.496 e. The van der Waals surface area contributed by atoms with Gasteiger partial charge in [-0.2, -0.15) is 0 Å². The number of aliphatic hydroxyl groups is 1. The van der Waals surface area contributed by atoms with Crippen molar-refractivity contribution in [2.75, 3.05) is 20.3 Å². The Kier molecular flexibility index (Phi) is 4.19. The molecular formula is C14H21NO3. The van der Waals surface area contributed by atoms with Crippen LogP contribution in [0.5, 0.6) is 5.75 Å². The van der Waals surface area contributed by atoms with E-state index in [1.54, 1.807) is 13.3 Å². The van der Waals surface area contributed by atoms with Gasteiger partial charge < -0.3 is 14.6 Å². The third-order valence-electron chi connectivity index (χ3n) is 3.66. The highest BCUT2D eigenvalue weighted by Crippen LogP contribution is 2.26. The van der Waals surface area contributed by atoms with Crippen LogP contribution in [-0.4, -0.2) is 36.5 Å². The van der Waals surface area contributed by atoms with Gasteiger partial charge in [0.15, 0.2) is 0 Å². The summed E-state index contributed by atoms with van der Waals surface area (Å²) in [5.74, 6) is 1.10. The zero-order valence-electron chi connectivity index (χ0n) is 11.3. The van der Waals surface area contributed by atoms with Crippen LogP contribution in [0.1, 0.15) is 23.2 Å². The van der Waals surface area contributed by atoms with Gasteiger partial charge in [-0.25, -0.2) is 0 Å². The molecule has 1 aliphatic heterocycles. The number of hydrogen-bond donors (Lipinski definition) is 1. The van der Waals surface area contributed by atoms with E-state index in [9.17, 15) is 5.11 Å². The second-order valence-electron chi connectivity index (χ2n) is 4.94. The Labute approximate surface area is 108 Å². The Balaban J connectivity index is 2.13. The van der Waals surface area contributed by atoms with Crippen LogP contribution in [0, 0.1) is 19.8 Å². The number of pyridine rings is 1. The summed E-state index contributed by atoms with van der Waals surface area (Å²) in [6, 6.07) is 0. The van der Waals surface area contributed by atoms with Crippen molar-refractivity contribution in [3.05, 3.63) is 23.0 Å². The molecule has 2 heterocycles. The maximum Gasteiger partial charge on any atom is 0.128 e. The van der Waals surface area contributed by atoms with E-state index in [1.165, 1.54) is 0 Å². The first kappa shape index (κ1) is 13.3. The van der Waals surface area contributed by atoms with Gasteiger partial charge >= 0.3 is 0 Å². The molecule has 1 aromatic rings. The first-order valence-corrected chi connectivity index (χ1v) is 6.38. The molecular weight excluding hydrogens is 230 g/mol. The molecule has 0 aromatic carbocycles. The van der Waals surface area contributed by atoms with E-state index >= 15 is 0 Å². The summed E-state index contributed by atoms with van der Waals surface area (Å²) in [6.45, 7) is 5.38. The molecule has 2 rings (SSSR count). The maximum absolute atomic E-state index is 10.2. The lowest BCUT2D eigenvalue weighted by Crippen LogP contribution is -2.24. The van der Waals surface area contributed by atoms with Crippen molar-refractivity contribution >= 4 is 0 Å². The average Bonchev–Trinajstić information content (AvgIpc) is 2.87. The van der Waals surface area contributed by atoms with Crippen molar-refractivity contribution in [3.63, 3.8) is 0 Å². The van der Waals surface area contributed by atoms with Crippen molar-refractivity contribution in [1.29, 1.82) is 0 Å². The zero-order chi connectivity index (χ0) is 13.1. The van der Waals surface area contributed by atoms with E-state index < -0.39 is 0 Å². The summed E-state index contributed by atoms with van der Waals surface area (Å²) in [5, 5.41) is 10.2. The molecule has 1 aliphatic rings. The summed E-state index contributed by atoms with van der Waals surface area (Å²) in [4.78, 5) is 4.42. The Morgan fingerprint density at radius 2 is 2.33 bits per heavy atom. The fraction of sp³-hybridized carbons (Fsp3) is 0.643. The van der Waals surface area contributed by atoms with E-state index in [2.05, 4.69) is 4.98 Å². The van der Waals surface area contributed by atoms with Crippen LogP contribution >= 0.6 is 0 Å². The fourth-order valence-corrected chi connectivity index (χ4v) is 2.50. The van der Waals surface area contributed by atoms with Crippen LogP contribution in [0.15, 0.2) is 6.20 Å². The smallest absolute Gasteiger partial charge is 0.128 e. The Bertz CT molecular complexity index is 414. The van der Waals surface area contributed by atoms with Crippen molar-refractivity contribution < 1.29 is 14.6 Å². The largest absolute Gasteiger partial charge is 0.496 e. The lowest BCUT2D eigenvalue weighted by atomic mass is 9.95. The van der Waals surface area contributed by atoms with Gasteiger partial charge in [-0.15, -0.1) is 0 Å². The number of rotatable bonds is 4. The van der Waals surface area contributed by atoms with Crippen molar-refractivity contribution in [2.24, 2.45) is 5.92 Å². The average molecular weight is 251 g/mol. The van der Waals surface area contributed by atoms with Gasteiger partial charge in [-0.05, 0) is 20.3 Å². The minimum atomic E-state index is -0.383. The van der Waals surface area contributed by atoms with Crippen LogP contribution in [0.2, 0.25) is 0 Å². The van der Waals surface area contributed by atoms with Crippen LogP contribution in [0.4, 0.5) is 0 Å². The highest BCUT2D eigenvalue weighted by Gasteiger charge is 2.25. The van der Waals surface area contributed by atoms with Crippen LogP contribution in [0.3, 0.4) is 0 Å². The maximum atomic E-state index is 10.2. The number of aromatic nitrogens is 1. The van der Waals surface area contributed by atoms with E-state index in [0.29, 0.717) is 13.0 Å². The second kappa shape index (κ2) is 5.67. The summed E-state index contributed by atoms with van der Waals surface area (Å²) in [7, 11) is 1.67. The Hall–Kier alpha value is -1.13. The number of nitrogens with zero attached hydrogens (tertiary/aromatic N) is 1. The molecule has 4 nitrogen and oxygen atoms in total. The van der Waals surface area contributed by atoms with Crippen molar-refractivity contribution in [3.8, 4) is 5.75 Å². The molecule has 18 heavy (non-hydrogen) atoms. The van der Waals surface area contributed by atoms with Gasteiger partial charge in [0.1, 0.15) is 5.75 Å². The van der Waals surface area contributed by atoms with Gasteiger partial charge in [0.05, 0.1) is 19.8 Å². The molecule has 0 spiro atoms. The molecule has 1 aromatic heterocycles. The van der Waals surface area contributed by atoms with Gasteiger partial charge in [0.2, 0.25) is 0 Å². The van der Waals surface area contributed by atoms with E-state index in [4.69, 9.17) is 9.47 Å². The number of aryl methyl sites for hydroxylation is 1. The first-order chi connectivity index (χ1) is 8.63. The second-order valence-corrected chi connectivity index (χ2v) is 4.94. The Morgan fingerprint density at radius 1 is 1.56 bits per heavy atom. The highest BCUT2D eigenvalue weighted by atomic mass is 16.5. The minimum absolute atomic E-state index is 0.235. The van der Waals surface area contributed by atoms with Crippen molar-refractivity contribution in [1.82, 2.24) is 4.98 Å². The molecule has 0 bridgehead atoms. The lowest BCUT2D eigenvalue weighted by Gasteiger charge is -2.18. The normalized spacial score (nSPS) is 21.0.